The van der Waals surface area contributed by atoms with E-state index in [2.05, 4.69) is 9.72 Å². The van der Waals surface area contributed by atoms with Gasteiger partial charge in [0.1, 0.15) is 10.8 Å². The van der Waals surface area contributed by atoms with E-state index in [1.165, 1.54) is 17.0 Å². The summed E-state index contributed by atoms with van der Waals surface area (Å²) in [5.41, 5.74) is -0.358. The molecule has 1 aliphatic rings. The van der Waals surface area contributed by atoms with Gasteiger partial charge in [-0.2, -0.15) is 8.78 Å². The molecule has 9 heteroatoms. The van der Waals surface area contributed by atoms with Gasteiger partial charge in [0.05, 0.1) is 12.1 Å². The molecule has 1 amide bonds. The van der Waals surface area contributed by atoms with E-state index >= 15 is 0 Å². The van der Waals surface area contributed by atoms with Crippen molar-refractivity contribution in [2.24, 2.45) is 5.92 Å². The van der Waals surface area contributed by atoms with Crippen LogP contribution in [-0.4, -0.2) is 45.9 Å². The fraction of sp³-hybridized carbons (Fsp3) is 0.647. The van der Waals surface area contributed by atoms with Crippen LogP contribution in [0, 0.1) is 5.92 Å². The quantitative estimate of drug-likeness (QED) is 0.787. The Labute approximate surface area is 156 Å². The minimum absolute atomic E-state index is 0.0574. The maximum atomic E-state index is 12.6. The molecule has 26 heavy (non-hydrogen) atoms. The van der Waals surface area contributed by atoms with Gasteiger partial charge in [0.25, 0.3) is 0 Å². The summed E-state index contributed by atoms with van der Waals surface area (Å²) in [5.74, 6) is -0.279. The number of aromatic nitrogens is 1. The van der Waals surface area contributed by atoms with Crippen molar-refractivity contribution in [2.75, 3.05) is 6.54 Å². The van der Waals surface area contributed by atoms with Gasteiger partial charge in [-0.15, -0.1) is 0 Å². The van der Waals surface area contributed by atoms with Crippen LogP contribution in [0.3, 0.4) is 0 Å². The van der Waals surface area contributed by atoms with E-state index in [1.54, 1.807) is 20.8 Å². The number of hydrogen-bond acceptors (Lipinski definition) is 5. The average molecular weight is 393 g/mol. The van der Waals surface area contributed by atoms with Crippen LogP contribution in [0.4, 0.5) is 13.6 Å². The molecule has 146 valence electrons. The largest absolute Gasteiger partial charge is 0.444 e. The molecule has 1 aliphatic heterocycles. The summed E-state index contributed by atoms with van der Waals surface area (Å²) in [6, 6.07) is 1.86. The van der Waals surface area contributed by atoms with E-state index in [0.29, 0.717) is 18.5 Å². The molecule has 1 aromatic heterocycles. The number of aliphatic hydroxyl groups excluding tert-OH is 1. The molecular formula is C17H23ClF2N2O4. The lowest BCUT2D eigenvalue weighted by Gasteiger charge is -2.42. The molecule has 0 aliphatic carbocycles. The van der Waals surface area contributed by atoms with Crippen LogP contribution in [0.1, 0.15) is 45.7 Å². The zero-order chi connectivity index (χ0) is 19.6. The molecule has 0 radical (unpaired) electrons. The third-order valence-corrected chi connectivity index (χ3v) is 4.16. The Balaban J connectivity index is 2.34. The van der Waals surface area contributed by atoms with Gasteiger partial charge < -0.3 is 14.6 Å². The van der Waals surface area contributed by atoms with Crippen LogP contribution < -0.4 is 4.74 Å². The van der Waals surface area contributed by atoms with Gasteiger partial charge in [-0.1, -0.05) is 18.5 Å². The minimum Gasteiger partial charge on any atom is -0.444 e. The summed E-state index contributed by atoms with van der Waals surface area (Å²) in [5, 5.41) is 10.4. The van der Waals surface area contributed by atoms with Crippen molar-refractivity contribution >= 4 is 17.7 Å². The maximum Gasteiger partial charge on any atom is 0.410 e. The third kappa shape index (κ3) is 5.17. The van der Waals surface area contributed by atoms with Crippen LogP contribution >= 0.6 is 11.6 Å². The second-order valence-electron chi connectivity index (χ2n) is 7.39. The number of ether oxygens (including phenoxy) is 2. The molecule has 0 bridgehead atoms. The fourth-order valence-corrected chi connectivity index (χ4v) is 3.22. The highest BCUT2D eigenvalue weighted by atomic mass is 35.5. The Kier molecular flexibility index (Phi) is 6.29. The van der Waals surface area contributed by atoms with Crippen LogP contribution in [0.15, 0.2) is 12.1 Å². The van der Waals surface area contributed by atoms with Crippen LogP contribution in [0.2, 0.25) is 5.15 Å². The number of pyridine rings is 1. The zero-order valence-corrected chi connectivity index (χ0v) is 15.8. The molecule has 0 spiro atoms. The molecule has 1 aromatic rings. The first kappa shape index (κ1) is 20.6. The molecule has 0 unspecified atom stereocenters. The molecule has 2 rings (SSSR count). The summed E-state index contributed by atoms with van der Waals surface area (Å²) in [6.45, 7) is 4.49. The summed E-state index contributed by atoms with van der Waals surface area (Å²) in [6.07, 6.45) is -1.03. The molecule has 0 saturated carbocycles. The Bertz CT molecular complexity index is 654. The smallest absolute Gasteiger partial charge is 0.410 e. The van der Waals surface area contributed by atoms with E-state index in [9.17, 15) is 18.7 Å². The van der Waals surface area contributed by atoms with Crippen molar-refractivity contribution in [1.82, 2.24) is 9.88 Å². The van der Waals surface area contributed by atoms with Crippen LogP contribution in [-0.2, 0) is 4.74 Å². The predicted molar refractivity (Wildman–Crippen MR) is 91.3 cm³/mol. The van der Waals surface area contributed by atoms with Gasteiger partial charge in [-0.05, 0) is 39.2 Å². The van der Waals surface area contributed by atoms with Gasteiger partial charge >= 0.3 is 12.7 Å². The Hall–Kier alpha value is -1.67. The Morgan fingerprint density at radius 3 is 2.62 bits per heavy atom. The lowest BCUT2D eigenvalue weighted by molar-refractivity contribution is -0.0530. The summed E-state index contributed by atoms with van der Waals surface area (Å²) in [4.78, 5) is 17.8. The van der Waals surface area contributed by atoms with Crippen LogP contribution in [0.5, 0.6) is 5.88 Å². The number of carbonyl (C=O) groups excluding carboxylic acids is 1. The SMILES string of the molecule is C[C@@H]1C[C@H](O)[C@H](c2ccc(OC(F)F)nc2Cl)N(C(=O)OC(C)(C)C)C1. The van der Waals surface area contributed by atoms with Gasteiger partial charge in [0, 0.05) is 18.2 Å². The molecule has 0 aromatic carbocycles. The highest BCUT2D eigenvalue weighted by Gasteiger charge is 2.40. The van der Waals surface area contributed by atoms with E-state index < -0.39 is 30.5 Å². The number of halogens is 3. The summed E-state index contributed by atoms with van der Waals surface area (Å²) in [7, 11) is 0. The summed E-state index contributed by atoms with van der Waals surface area (Å²) < 4.78 is 34.3. The highest BCUT2D eigenvalue weighted by molar-refractivity contribution is 6.30. The Morgan fingerprint density at radius 1 is 1.42 bits per heavy atom. The van der Waals surface area contributed by atoms with Crippen molar-refractivity contribution in [1.29, 1.82) is 0 Å². The average Bonchev–Trinajstić information content (AvgIpc) is 2.45. The topological polar surface area (TPSA) is 71.9 Å². The molecule has 1 N–H and O–H groups in total. The second kappa shape index (κ2) is 7.92. The molecule has 6 nitrogen and oxygen atoms in total. The van der Waals surface area contributed by atoms with Crippen molar-refractivity contribution in [3.63, 3.8) is 0 Å². The second-order valence-corrected chi connectivity index (χ2v) is 7.75. The van der Waals surface area contributed by atoms with E-state index in [4.69, 9.17) is 16.3 Å². The standard InChI is InChI=1S/C17H23ClF2N2O4/c1-9-7-11(23)13(22(8-9)16(24)26-17(2,3)4)10-5-6-12(21-14(10)18)25-15(19)20/h5-6,9,11,13,15,23H,7-8H2,1-4H3/t9-,11+,13+/m1/s1. The Morgan fingerprint density at radius 2 is 2.08 bits per heavy atom. The maximum absolute atomic E-state index is 12.6. The minimum atomic E-state index is -3.02. The first-order chi connectivity index (χ1) is 12.0. The first-order valence-corrected chi connectivity index (χ1v) is 8.64. The first-order valence-electron chi connectivity index (χ1n) is 8.27. The number of nitrogens with zero attached hydrogens (tertiary/aromatic N) is 2. The lowest BCUT2D eigenvalue weighted by atomic mass is 9.88. The zero-order valence-electron chi connectivity index (χ0n) is 15.1. The molecular weight excluding hydrogens is 370 g/mol. The number of likely N-dealkylation sites (tertiary alicyclic amines) is 1. The number of carbonyl (C=O) groups is 1. The molecule has 2 heterocycles. The monoisotopic (exact) mass is 392 g/mol. The number of rotatable bonds is 3. The number of piperidine rings is 1. The molecule has 1 fully saturated rings. The third-order valence-electron chi connectivity index (χ3n) is 3.86. The van der Waals surface area contributed by atoms with E-state index in [-0.39, 0.29) is 17.0 Å². The highest BCUT2D eigenvalue weighted by Crippen LogP contribution is 2.38. The van der Waals surface area contributed by atoms with E-state index in [1.807, 2.05) is 6.92 Å². The molecule has 1 saturated heterocycles. The van der Waals surface area contributed by atoms with Gasteiger partial charge in [0.15, 0.2) is 0 Å². The number of aliphatic hydroxyl groups is 1. The van der Waals surface area contributed by atoms with Gasteiger partial charge in [0.2, 0.25) is 5.88 Å². The van der Waals surface area contributed by atoms with Crippen molar-refractivity contribution in [2.45, 2.75) is 58.5 Å². The predicted octanol–water partition coefficient (Wildman–Crippen LogP) is 4.02. The van der Waals surface area contributed by atoms with Gasteiger partial charge in [-0.3, -0.25) is 4.90 Å². The van der Waals surface area contributed by atoms with Gasteiger partial charge in [-0.25, -0.2) is 9.78 Å². The van der Waals surface area contributed by atoms with Crippen molar-refractivity contribution < 1.29 is 28.2 Å². The van der Waals surface area contributed by atoms with Crippen molar-refractivity contribution in [3.8, 4) is 5.88 Å². The van der Waals surface area contributed by atoms with Crippen LogP contribution in [0.25, 0.3) is 0 Å². The number of alkyl halides is 2. The molecule has 3 atom stereocenters. The summed E-state index contributed by atoms with van der Waals surface area (Å²) >= 11 is 6.13. The number of amides is 1. The van der Waals surface area contributed by atoms with E-state index in [0.717, 1.165) is 0 Å². The lowest BCUT2D eigenvalue weighted by Crippen LogP contribution is -2.49. The number of hydrogen-bond donors (Lipinski definition) is 1. The normalized spacial score (nSPS) is 23.9. The van der Waals surface area contributed by atoms with Crippen molar-refractivity contribution in [3.05, 3.63) is 22.8 Å². The fourth-order valence-electron chi connectivity index (χ4n) is 2.96.